The summed E-state index contributed by atoms with van der Waals surface area (Å²) in [4.78, 5) is 20.5. The summed E-state index contributed by atoms with van der Waals surface area (Å²) in [5, 5.41) is 24.4. The number of amides is 1. The minimum atomic E-state index is -4.35. The molecule has 3 N–H and O–H groups in total. The molecule has 2 rings (SSSR count). The highest BCUT2D eigenvalue weighted by Crippen LogP contribution is 2.29. The molecular formula is C16H15N3O8S2. The quantitative estimate of drug-likeness (QED) is 0.240. The van der Waals surface area contributed by atoms with Gasteiger partial charge in [0, 0.05) is 6.07 Å². The van der Waals surface area contributed by atoms with E-state index in [2.05, 4.69) is 5.32 Å². The van der Waals surface area contributed by atoms with Gasteiger partial charge in [-0.3, -0.25) is 10.1 Å². The second kappa shape index (κ2) is 9.16. The van der Waals surface area contributed by atoms with Crippen molar-refractivity contribution >= 4 is 44.8 Å². The smallest absolute Gasteiger partial charge is 0.405 e. The number of methoxy groups -OCH3 is 1. The van der Waals surface area contributed by atoms with Gasteiger partial charge in [0.1, 0.15) is 22.1 Å². The van der Waals surface area contributed by atoms with E-state index >= 15 is 0 Å². The van der Waals surface area contributed by atoms with Gasteiger partial charge >= 0.3 is 16.2 Å². The number of nitro groups is 1. The molecule has 0 atom stereocenters. The maximum atomic E-state index is 12.4. The number of anilines is 1. The molecule has 2 aromatic carbocycles. The summed E-state index contributed by atoms with van der Waals surface area (Å²) in [6, 6.07) is 8.77. The zero-order valence-electron chi connectivity index (χ0n) is 14.8. The summed E-state index contributed by atoms with van der Waals surface area (Å²) < 4.78 is 34.8. The first kappa shape index (κ1) is 21.8. The van der Waals surface area contributed by atoms with Gasteiger partial charge in [0.2, 0.25) is 0 Å². The van der Waals surface area contributed by atoms with Crippen molar-refractivity contribution < 1.29 is 32.2 Å². The van der Waals surface area contributed by atoms with E-state index in [4.69, 9.17) is 26.2 Å². The second-order valence-corrected chi connectivity index (χ2v) is 7.40. The number of benzene rings is 2. The monoisotopic (exact) mass is 441 g/mol. The average Bonchev–Trinajstić information content (AvgIpc) is 2.66. The van der Waals surface area contributed by atoms with Crippen LogP contribution in [-0.2, 0) is 10.1 Å². The molecule has 1 amide bonds. The molecular weight excluding hydrogens is 426 g/mol. The molecule has 29 heavy (non-hydrogen) atoms. The van der Waals surface area contributed by atoms with Crippen molar-refractivity contribution in [3.63, 3.8) is 0 Å². The third-order valence-corrected chi connectivity index (χ3v) is 4.88. The predicted octanol–water partition coefficient (Wildman–Crippen LogP) is 2.38. The zero-order chi connectivity index (χ0) is 21.6. The van der Waals surface area contributed by atoms with Gasteiger partial charge in [-0.15, -0.1) is 0 Å². The molecule has 0 aromatic heterocycles. The second-order valence-electron chi connectivity index (χ2n) is 5.36. The van der Waals surface area contributed by atoms with E-state index < -0.39 is 31.7 Å². The van der Waals surface area contributed by atoms with Crippen LogP contribution in [0.15, 0.2) is 47.4 Å². The molecule has 0 aliphatic rings. The standard InChI is InChI=1S/C16H15N3O8S2/c1-26-10-2-4-11(5-3-10)27-29(24,25)12-6-7-13(14(8-12)19(22)23)18-15(28)9-17-16(20)21/h2-8,17H,9H2,1H3,(H,18,28)(H,20,21). The van der Waals surface area contributed by atoms with Gasteiger partial charge < -0.3 is 24.7 Å². The molecule has 11 nitrogen and oxygen atoms in total. The number of ether oxygens (including phenoxy) is 1. The normalized spacial score (nSPS) is 10.7. The van der Waals surface area contributed by atoms with Crippen LogP contribution in [0.25, 0.3) is 0 Å². The number of thiocarbonyl (C=S) groups is 1. The Hall–Kier alpha value is -3.45. The molecule has 154 valence electrons. The topological polar surface area (TPSA) is 157 Å². The van der Waals surface area contributed by atoms with Crippen LogP contribution in [0.2, 0.25) is 0 Å². The van der Waals surface area contributed by atoms with Crippen LogP contribution in [0.3, 0.4) is 0 Å². The van der Waals surface area contributed by atoms with Crippen molar-refractivity contribution in [2.45, 2.75) is 4.90 Å². The maximum absolute atomic E-state index is 12.4. The third-order valence-electron chi connectivity index (χ3n) is 3.39. The zero-order valence-corrected chi connectivity index (χ0v) is 16.5. The summed E-state index contributed by atoms with van der Waals surface area (Å²) in [6.45, 7) is -0.275. The Morgan fingerprint density at radius 3 is 2.38 bits per heavy atom. The highest BCUT2D eigenvalue weighted by molar-refractivity contribution is 7.87. The van der Waals surface area contributed by atoms with Crippen molar-refractivity contribution in [2.75, 3.05) is 19.0 Å². The van der Waals surface area contributed by atoms with Crippen LogP contribution in [0, 0.1) is 10.1 Å². The molecule has 0 fully saturated rings. The summed E-state index contributed by atoms with van der Waals surface area (Å²) in [5.41, 5.74) is -0.683. The Morgan fingerprint density at radius 1 is 1.21 bits per heavy atom. The van der Waals surface area contributed by atoms with Gasteiger partial charge in [0.15, 0.2) is 0 Å². The van der Waals surface area contributed by atoms with Gasteiger partial charge in [-0.2, -0.15) is 8.42 Å². The van der Waals surface area contributed by atoms with E-state index in [1.807, 2.05) is 5.32 Å². The highest BCUT2D eigenvalue weighted by atomic mass is 32.2. The van der Waals surface area contributed by atoms with E-state index in [1.54, 1.807) is 0 Å². The van der Waals surface area contributed by atoms with Crippen molar-refractivity contribution in [3.8, 4) is 11.5 Å². The van der Waals surface area contributed by atoms with E-state index in [9.17, 15) is 23.3 Å². The van der Waals surface area contributed by atoms with E-state index in [-0.39, 0.29) is 23.0 Å². The highest BCUT2D eigenvalue weighted by Gasteiger charge is 2.23. The SMILES string of the molecule is COc1ccc(OS(=O)(=O)c2ccc(NC(=S)CNC(=O)O)c([N+](=O)[O-])c2)cc1. The number of carbonyl (C=O) groups is 1. The first-order chi connectivity index (χ1) is 13.6. The lowest BCUT2D eigenvalue weighted by atomic mass is 10.2. The van der Waals surface area contributed by atoms with Crippen LogP contribution in [0.5, 0.6) is 11.5 Å². The molecule has 0 aliphatic carbocycles. The van der Waals surface area contributed by atoms with E-state index in [0.29, 0.717) is 5.75 Å². The summed E-state index contributed by atoms with van der Waals surface area (Å²) in [5.74, 6) is 0.491. The number of rotatable bonds is 8. The number of nitrogens with zero attached hydrogens (tertiary/aromatic N) is 1. The summed E-state index contributed by atoms with van der Waals surface area (Å²) >= 11 is 4.90. The Kier molecular flexibility index (Phi) is 6.90. The van der Waals surface area contributed by atoms with Crippen molar-refractivity contribution in [2.24, 2.45) is 0 Å². The Morgan fingerprint density at radius 2 is 1.83 bits per heavy atom. The minimum absolute atomic E-state index is 0.00317. The van der Waals surface area contributed by atoms with Gasteiger partial charge in [0.25, 0.3) is 5.69 Å². The summed E-state index contributed by atoms with van der Waals surface area (Å²) in [7, 11) is -2.90. The third kappa shape index (κ3) is 6.02. The number of hydrogen-bond donors (Lipinski definition) is 3. The van der Waals surface area contributed by atoms with E-state index in [1.165, 1.54) is 31.4 Å². The van der Waals surface area contributed by atoms with Crippen molar-refractivity contribution in [1.29, 1.82) is 0 Å². The van der Waals surface area contributed by atoms with Crippen LogP contribution >= 0.6 is 12.2 Å². The molecule has 0 heterocycles. The molecule has 0 saturated carbocycles. The molecule has 13 heteroatoms. The lowest BCUT2D eigenvalue weighted by Crippen LogP contribution is -2.30. The molecule has 0 unspecified atom stereocenters. The fourth-order valence-corrected chi connectivity index (χ4v) is 3.21. The molecule has 0 saturated heterocycles. The predicted molar refractivity (Wildman–Crippen MR) is 106 cm³/mol. The first-order valence-electron chi connectivity index (χ1n) is 7.76. The molecule has 0 radical (unpaired) electrons. The van der Waals surface area contributed by atoms with E-state index in [0.717, 1.165) is 18.2 Å². The van der Waals surface area contributed by atoms with Gasteiger partial charge in [0.05, 0.1) is 23.6 Å². The van der Waals surface area contributed by atoms with Crippen LogP contribution < -0.4 is 19.6 Å². The fourth-order valence-electron chi connectivity index (χ4n) is 2.08. The largest absolute Gasteiger partial charge is 0.497 e. The summed E-state index contributed by atoms with van der Waals surface area (Å²) in [6.07, 6.45) is -1.32. The average molecular weight is 441 g/mol. The van der Waals surface area contributed by atoms with Crippen LogP contribution in [0.1, 0.15) is 0 Å². The Balaban J connectivity index is 2.26. The minimum Gasteiger partial charge on any atom is -0.497 e. The van der Waals surface area contributed by atoms with Crippen molar-refractivity contribution in [3.05, 3.63) is 52.6 Å². The number of nitro benzene ring substituents is 1. The molecule has 0 bridgehead atoms. The van der Waals surface area contributed by atoms with Gasteiger partial charge in [-0.05, 0) is 36.4 Å². The maximum Gasteiger partial charge on any atom is 0.405 e. The lowest BCUT2D eigenvalue weighted by Gasteiger charge is -2.11. The fraction of sp³-hybridized carbons (Fsp3) is 0.125. The van der Waals surface area contributed by atoms with Crippen LogP contribution in [0.4, 0.5) is 16.2 Å². The number of hydrogen-bond acceptors (Lipinski definition) is 8. The molecule has 2 aromatic rings. The van der Waals surface area contributed by atoms with Gasteiger partial charge in [-0.25, -0.2) is 4.79 Å². The number of nitrogens with one attached hydrogen (secondary N) is 2. The number of carboxylic acid groups (broad SMARTS) is 1. The molecule has 0 spiro atoms. The Bertz CT molecular complexity index is 1040. The molecule has 0 aliphatic heterocycles. The van der Waals surface area contributed by atoms with Crippen LogP contribution in [-0.4, -0.2) is 43.2 Å². The lowest BCUT2D eigenvalue weighted by molar-refractivity contribution is -0.384. The first-order valence-corrected chi connectivity index (χ1v) is 9.57. The van der Waals surface area contributed by atoms with Crippen molar-refractivity contribution in [1.82, 2.24) is 5.32 Å². The van der Waals surface area contributed by atoms with Gasteiger partial charge in [-0.1, -0.05) is 12.2 Å². The Labute approximate surface area is 170 Å².